The van der Waals surface area contributed by atoms with Gasteiger partial charge in [-0.1, -0.05) is 41.9 Å². The molecule has 2 aromatic rings. The molecular weight excluding hydrogens is 310 g/mol. The lowest BCUT2D eigenvalue weighted by Crippen LogP contribution is -2.32. The van der Waals surface area contributed by atoms with Gasteiger partial charge in [0.25, 0.3) is 0 Å². The Balaban J connectivity index is 1.93. The minimum atomic E-state index is -3.67. The lowest BCUT2D eigenvalue weighted by atomic mass is 10.0. The Hall–Kier alpha value is -1.56. The molecule has 6 heteroatoms. The van der Waals surface area contributed by atoms with Gasteiger partial charge in [0.05, 0.1) is 17.7 Å². The van der Waals surface area contributed by atoms with Crippen molar-refractivity contribution in [3.63, 3.8) is 0 Å². The molecule has 0 amide bonds. The SMILES string of the molecule is O=S(=O)(NC1CCOc2ccccc21)c1ccccc1Cl. The van der Waals surface area contributed by atoms with Crippen LogP contribution in [-0.2, 0) is 10.0 Å². The Labute approximate surface area is 128 Å². The summed E-state index contributed by atoms with van der Waals surface area (Å²) in [6.45, 7) is 0.479. The van der Waals surface area contributed by atoms with Crippen molar-refractivity contribution >= 4 is 21.6 Å². The zero-order chi connectivity index (χ0) is 14.9. The van der Waals surface area contributed by atoms with Crippen LogP contribution in [0.5, 0.6) is 5.75 Å². The molecule has 1 heterocycles. The Bertz CT molecular complexity index is 761. The van der Waals surface area contributed by atoms with E-state index >= 15 is 0 Å². The number of sulfonamides is 1. The Morgan fingerprint density at radius 3 is 2.62 bits per heavy atom. The standard InChI is InChI=1S/C15H14ClNO3S/c16-12-6-2-4-8-15(12)21(18,19)17-13-9-10-20-14-7-3-1-5-11(13)14/h1-8,13,17H,9-10H2. The van der Waals surface area contributed by atoms with Gasteiger partial charge in [-0.15, -0.1) is 0 Å². The molecule has 0 fully saturated rings. The molecule has 0 radical (unpaired) electrons. The second-order valence-electron chi connectivity index (χ2n) is 4.78. The zero-order valence-electron chi connectivity index (χ0n) is 11.1. The summed E-state index contributed by atoms with van der Waals surface area (Å²) < 4.78 is 33.2. The second-order valence-corrected chi connectivity index (χ2v) is 6.87. The lowest BCUT2D eigenvalue weighted by Gasteiger charge is -2.26. The van der Waals surface area contributed by atoms with E-state index in [4.69, 9.17) is 16.3 Å². The Morgan fingerprint density at radius 1 is 1.10 bits per heavy atom. The van der Waals surface area contributed by atoms with Crippen molar-refractivity contribution in [1.82, 2.24) is 4.72 Å². The van der Waals surface area contributed by atoms with Crippen LogP contribution in [0.25, 0.3) is 0 Å². The first kappa shape index (κ1) is 14.4. The fourth-order valence-electron chi connectivity index (χ4n) is 2.38. The highest BCUT2D eigenvalue weighted by Gasteiger charge is 2.27. The number of fused-ring (bicyclic) bond motifs is 1. The summed E-state index contributed by atoms with van der Waals surface area (Å²) in [7, 11) is -3.67. The summed E-state index contributed by atoms with van der Waals surface area (Å²) in [6, 6.07) is 13.5. The van der Waals surface area contributed by atoms with Crippen molar-refractivity contribution in [1.29, 1.82) is 0 Å². The van der Waals surface area contributed by atoms with E-state index in [1.807, 2.05) is 24.3 Å². The zero-order valence-corrected chi connectivity index (χ0v) is 12.7. The van der Waals surface area contributed by atoms with E-state index in [2.05, 4.69) is 4.72 Å². The number of hydrogen-bond acceptors (Lipinski definition) is 3. The highest BCUT2D eigenvalue weighted by Crippen LogP contribution is 2.33. The first-order chi connectivity index (χ1) is 10.1. The molecule has 0 saturated heterocycles. The summed E-state index contributed by atoms with van der Waals surface area (Å²) in [6.07, 6.45) is 0.584. The molecule has 1 N–H and O–H groups in total. The van der Waals surface area contributed by atoms with Crippen LogP contribution in [0.15, 0.2) is 53.4 Å². The fourth-order valence-corrected chi connectivity index (χ4v) is 4.15. The van der Waals surface area contributed by atoms with Crippen molar-refractivity contribution in [3.8, 4) is 5.75 Å². The topological polar surface area (TPSA) is 55.4 Å². The maximum atomic E-state index is 12.5. The van der Waals surface area contributed by atoms with Crippen molar-refractivity contribution in [3.05, 3.63) is 59.1 Å². The van der Waals surface area contributed by atoms with Gasteiger partial charge in [0, 0.05) is 12.0 Å². The first-order valence-corrected chi connectivity index (χ1v) is 8.42. The number of benzene rings is 2. The average Bonchev–Trinajstić information content (AvgIpc) is 2.47. The highest BCUT2D eigenvalue weighted by atomic mass is 35.5. The van der Waals surface area contributed by atoms with Gasteiger partial charge in [0.15, 0.2) is 0 Å². The largest absolute Gasteiger partial charge is 0.493 e. The fraction of sp³-hybridized carbons (Fsp3) is 0.200. The maximum Gasteiger partial charge on any atom is 0.242 e. The van der Waals surface area contributed by atoms with Crippen molar-refractivity contribution < 1.29 is 13.2 Å². The van der Waals surface area contributed by atoms with Crippen molar-refractivity contribution in [2.75, 3.05) is 6.61 Å². The summed E-state index contributed by atoms with van der Waals surface area (Å²) in [4.78, 5) is 0.0932. The van der Waals surface area contributed by atoms with E-state index in [0.717, 1.165) is 11.3 Å². The van der Waals surface area contributed by atoms with Crippen molar-refractivity contribution in [2.24, 2.45) is 0 Å². The molecule has 21 heavy (non-hydrogen) atoms. The van der Waals surface area contributed by atoms with E-state index in [1.165, 1.54) is 6.07 Å². The van der Waals surface area contributed by atoms with Gasteiger partial charge < -0.3 is 4.74 Å². The Kier molecular flexibility index (Phi) is 3.89. The second kappa shape index (κ2) is 5.67. The molecule has 110 valence electrons. The summed E-state index contributed by atoms with van der Waals surface area (Å²) in [5.74, 6) is 0.718. The molecule has 0 bridgehead atoms. The van der Waals surface area contributed by atoms with E-state index in [-0.39, 0.29) is 16.0 Å². The maximum absolute atomic E-state index is 12.5. The van der Waals surface area contributed by atoms with Crippen LogP contribution >= 0.6 is 11.6 Å². The molecule has 1 unspecified atom stereocenters. The van der Waals surface area contributed by atoms with Crippen LogP contribution in [0, 0.1) is 0 Å². The van der Waals surface area contributed by atoms with Crippen molar-refractivity contribution in [2.45, 2.75) is 17.4 Å². The number of para-hydroxylation sites is 1. The molecule has 1 atom stereocenters. The first-order valence-electron chi connectivity index (χ1n) is 6.56. The number of hydrogen-bond donors (Lipinski definition) is 1. The molecule has 3 rings (SSSR count). The van der Waals surface area contributed by atoms with Crippen LogP contribution in [0.4, 0.5) is 0 Å². The average molecular weight is 324 g/mol. The summed E-state index contributed by atoms with van der Waals surface area (Å²) in [5, 5.41) is 0.213. The highest BCUT2D eigenvalue weighted by molar-refractivity contribution is 7.89. The molecule has 4 nitrogen and oxygen atoms in total. The number of rotatable bonds is 3. The van der Waals surface area contributed by atoms with Crippen LogP contribution in [0.3, 0.4) is 0 Å². The third-order valence-corrected chi connectivity index (χ3v) is 5.35. The molecular formula is C15H14ClNO3S. The van der Waals surface area contributed by atoms with Crippen LogP contribution < -0.4 is 9.46 Å². The van der Waals surface area contributed by atoms with Gasteiger partial charge >= 0.3 is 0 Å². The van der Waals surface area contributed by atoms with E-state index in [0.29, 0.717) is 13.0 Å². The molecule has 0 aromatic heterocycles. The summed E-state index contributed by atoms with van der Waals surface area (Å²) in [5.41, 5.74) is 0.847. The summed E-state index contributed by atoms with van der Waals surface area (Å²) >= 11 is 5.98. The molecule has 0 spiro atoms. The van der Waals surface area contributed by atoms with Gasteiger partial charge in [-0.3, -0.25) is 0 Å². The molecule has 2 aromatic carbocycles. The van der Waals surface area contributed by atoms with Crippen LogP contribution in [-0.4, -0.2) is 15.0 Å². The van der Waals surface area contributed by atoms with E-state index < -0.39 is 10.0 Å². The number of nitrogens with one attached hydrogen (secondary N) is 1. The van der Waals surface area contributed by atoms with Gasteiger partial charge in [0.2, 0.25) is 10.0 Å². The van der Waals surface area contributed by atoms with E-state index in [1.54, 1.807) is 18.2 Å². The normalized spacial score (nSPS) is 17.9. The van der Waals surface area contributed by atoms with Crippen LogP contribution in [0.1, 0.15) is 18.0 Å². The number of halogens is 1. The molecule has 0 saturated carbocycles. The molecule has 1 aliphatic heterocycles. The third kappa shape index (κ3) is 2.90. The van der Waals surface area contributed by atoms with Gasteiger partial charge in [0.1, 0.15) is 10.6 Å². The van der Waals surface area contributed by atoms with Gasteiger partial charge in [-0.25, -0.2) is 13.1 Å². The third-order valence-electron chi connectivity index (χ3n) is 3.38. The van der Waals surface area contributed by atoms with Gasteiger partial charge in [-0.2, -0.15) is 0 Å². The Morgan fingerprint density at radius 2 is 1.81 bits per heavy atom. The lowest BCUT2D eigenvalue weighted by molar-refractivity contribution is 0.263. The van der Waals surface area contributed by atoms with Gasteiger partial charge in [-0.05, 0) is 18.2 Å². The van der Waals surface area contributed by atoms with Crippen LogP contribution in [0.2, 0.25) is 5.02 Å². The minimum absolute atomic E-state index is 0.0932. The smallest absolute Gasteiger partial charge is 0.242 e. The molecule has 0 aliphatic carbocycles. The van der Waals surface area contributed by atoms with E-state index in [9.17, 15) is 8.42 Å². The predicted molar refractivity (Wildman–Crippen MR) is 81.1 cm³/mol. The monoisotopic (exact) mass is 323 g/mol. The predicted octanol–water partition coefficient (Wildman–Crippen LogP) is 3.14. The molecule has 1 aliphatic rings. The quantitative estimate of drug-likeness (QED) is 0.944. The minimum Gasteiger partial charge on any atom is -0.493 e. The number of ether oxygens (including phenoxy) is 1.